The van der Waals surface area contributed by atoms with Crippen molar-refractivity contribution in [3.8, 4) is 0 Å². The molecule has 0 unspecified atom stereocenters. The molecule has 0 aliphatic carbocycles. The molecule has 1 heterocycles. The number of nitrogens with zero attached hydrogens (tertiary/aromatic N) is 1. The van der Waals surface area contributed by atoms with Crippen LogP contribution in [-0.4, -0.2) is 22.0 Å². The van der Waals surface area contributed by atoms with E-state index >= 15 is 0 Å². The number of amides is 1. The second-order valence-corrected chi connectivity index (χ2v) is 4.83. The van der Waals surface area contributed by atoms with Crippen molar-refractivity contribution in [2.75, 3.05) is 5.32 Å². The molecule has 0 spiro atoms. The van der Waals surface area contributed by atoms with Crippen LogP contribution in [0.2, 0.25) is 0 Å². The number of carboxylic acids is 1. The van der Waals surface area contributed by atoms with E-state index in [-0.39, 0.29) is 11.3 Å². The van der Waals surface area contributed by atoms with E-state index in [1.165, 1.54) is 18.2 Å². The fourth-order valence-corrected chi connectivity index (χ4v) is 1.95. The summed E-state index contributed by atoms with van der Waals surface area (Å²) in [5.74, 6) is -5.05. The van der Waals surface area contributed by atoms with E-state index in [1.807, 2.05) is 0 Å². The molecule has 0 aliphatic heterocycles. The number of nitrogens with one attached hydrogen (secondary N) is 1. The lowest BCUT2D eigenvalue weighted by Crippen LogP contribution is -2.17. The molecule has 108 valence electrons. The van der Waals surface area contributed by atoms with E-state index in [0.717, 1.165) is 12.3 Å². The quantitative estimate of drug-likeness (QED) is 0.828. The molecule has 0 bridgehead atoms. The molecule has 0 aliphatic rings. The van der Waals surface area contributed by atoms with Gasteiger partial charge in [-0.25, -0.2) is 14.2 Å². The number of carboxylic acid groups (broad SMARTS) is 1. The summed E-state index contributed by atoms with van der Waals surface area (Å²) in [6.45, 7) is 0. The molecule has 5 nitrogen and oxygen atoms in total. The highest BCUT2D eigenvalue weighted by molar-refractivity contribution is 9.10. The van der Waals surface area contributed by atoms with Gasteiger partial charge in [0.25, 0.3) is 5.91 Å². The predicted molar refractivity (Wildman–Crippen MR) is 73.2 cm³/mol. The number of hydrogen-bond acceptors (Lipinski definition) is 3. The molecule has 2 aromatic rings. The van der Waals surface area contributed by atoms with Crippen LogP contribution in [0, 0.1) is 11.8 Å². The number of halogens is 3. The molecule has 0 saturated heterocycles. The SMILES string of the molecule is O=C(O)c1cc(Br)ccc1NC(=O)c1ccnc(F)c1F. The standard InChI is InChI=1S/C13H7BrF2N2O3/c14-6-1-2-9(8(5-6)13(20)21)18-12(19)7-3-4-17-11(16)10(7)15/h1-5H,(H,18,19)(H,20,21). The molecule has 8 heteroatoms. The van der Waals surface area contributed by atoms with Crippen LogP contribution in [-0.2, 0) is 0 Å². The van der Waals surface area contributed by atoms with E-state index in [1.54, 1.807) is 0 Å². The monoisotopic (exact) mass is 356 g/mol. The summed E-state index contributed by atoms with van der Waals surface area (Å²) >= 11 is 3.10. The summed E-state index contributed by atoms with van der Waals surface area (Å²) in [5.41, 5.74) is -0.790. The molecule has 0 atom stereocenters. The van der Waals surface area contributed by atoms with Crippen LogP contribution in [0.25, 0.3) is 0 Å². The Balaban J connectivity index is 2.36. The lowest BCUT2D eigenvalue weighted by Gasteiger charge is -2.09. The molecular weight excluding hydrogens is 350 g/mol. The van der Waals surface area contributed by atoms with Gasteiger partial charge in [0.15, 0.2) is 5.82 Å². The molecule has 0 fully saturated rings. The Labute approximate surface area is 125 Å². The lowest BCUT2D eigenvalue weighted by atomic mass is 10.1. The van der Waals surface area contributed by atoms with Crippen LogP contribution in [0.4, 0.5) is 14.5 Å². The maximum absolute atomic E-state index is 13.5. The minimum absolute atomic E-state index is 0.0349. The average Bonchev–Trinajstić information content (AvgIpc) is 2.43. The summed E-state index contributed by atoms with van der Waals surface area (Å²) in [5, 5.41) is 11.3. The highest BCUT2D eigenvalue weighted by Crippen LogP contribution is 2.22. The van der Waals surface area contributed by atoms with E-state index in [4.69, 9.17) is 5.11 Å². The van der Waals surface area contributed by atoms with Crippen LogP contribution in [0.1, 0.15) is 20.7 Å². The van der Waals surface area contributed by atoms with Gasteiger partial charge in [0, 0.05) is 10.7 Å². The van der Waals surface area contributed by atoms with Crippen molar-refractivity contribution in [2.24, 2.45) is 0 Å². The molecule has 21 heavy (non-hydrogen) atoms. The van der Waals surface area contributed by atoms with Crippen LogP contribution in [0.15, 0.2) is 34.9 Å². The van der Waals surface area contributed by atoms with Crippen LogP contribution < -0.4 is 5.32 Å². The van der Waals surface area contributed by atoms with Gasteiger partial charge in [-0.05, 0) is 24.3 Å². The van der Waals surface area contributed by atoms with Crippen molar-refractivity contribution in [3.63, 3.8) is 0 Å². The Bertz CT molecular complexity index is 737. The third-order valence-corrected chi connectivity index (χ3v) is 3.04. The maximum atomic E-state index is 13.5. The second-order valence-electron chi connectivity index (χ2n) is 3.91. The first-order valence-electron chi connectivity index (χ1n) is 5.54. The number of benzene rings is 1. The number of carbonyl (C=O) groups is 2. The van der Waals surface area contributed by atoms with Crippen molar-refractivity contribution >= 4 is 33.5 Å². The Hall–Kier alpha value is -2.35. The Morgan fingerprint density at radius 2 is 1.90 bits per heavy atom. The smallest absolute Gasteiger partial charge is 0.337 e. The zero-order valence-electron chi connectivity index (χ0n) is 10.2. The van der Waals surface area contributed by atoms with Gasteiger partial charge in [-0.3, -0.25) is 4.79 Å². The zero-order chi connectivity index (χ0) is 15.6. The molecule has 1 aromatic carbocycles. The molecule has 0 saturated carbocycles. The number of carbonyl (C=O) groups excluding carboxylic acids is 1. The van der Waals surface area contributed by atoms with Gasteiger partial charge < -0.3 is 10.4 Å². The largest absolute Gasteiger partial charge is 0.478 e. The first kappa shape index (κ1) is 15.0. The van der Waals surface area contributed by atoms with Crippen molar-refractivity contribution in [1.82, 2.24) is 4.98 Å². The molecule has 0 radical (unpaired) electrons. The van der Waals surface area contributed by atoms with Gasteiger partial charge >= 0.3 is 5.97 Å². The second kappa shape index (κ2) is 5.96. The van der Waals surface area contributed by atoms with E-state index in [0.29, 0.717) is 4.47 Å². The minimum atomic E-state index is -1.41. The molecule has 2 N–H and O–H groups in total. The summed E-state index contributed by atoms with van der Waals surface area (Å²) in [4.78, 5) is 26.1. The Morgan fingerprint density at radius 1 is 1.19 bits per heavy atom. The summed E-state index contributed by atoms with van der Waals surface area (Å²) in [6.07, 6.45) is 0.938. The van der Waals surface area contributed by atoms with Crippen molar-refractivity contribution in [2.45, 2.75) is 0 Å². The number of anilines is 1. The van der Waals surface area contributed by atoms with Gasteiger partial charge in [-0.2, -0.15) is 4.39 Å². The van der Waals surface area contributed by atoms with Gasteiger partial charge in [-0.15, -0.1) is 0 Å². The summed E-state index contributed by atoms with van der Waals surface area (Å²) in [7, 11) is 0. The average molecular weight is 357 g/mol. The fourth-order valence-electron chi connectivity index (χ4n) is 1.59. The highest BCUT2D eigenvalue weighted by Gasteiger charge is 2.19. The Morgan fingerprint density at radius 3 is 2.57 bits per heavy atom. The van der Waals surface area contributed by atoms with Crippen molar-refractivity contribution in [1.29, 1.82) is 0 Å². The van der Waals surface area contributed by atoms with Gasteiger partial charge in [-0.1, -0.05) is 15.9 Å². The number of pyridine rings is 1. The Kier molecular flexibility index (Phi) is 4.27. The summed E-state index contributed by atoms with van der Waals surface area (Å²) in [6, 6.07) is 5.11. The van der Waals surface area contributed by atoms with Gasteiger partial charge in [0.2, 0.25) is 5.95 Å². The minimum Gasteiger partial charge on any atom is -0.478 e. The highest BCUT2D eigenvalue weighted by atomic mass is 79.9. The van der Waals surface area contributed by atoms with Gasteiger partial charge in [0.1, 0.15) is 0 Å². The lowest BCUT2D eigenvalue weighted by molar-refractivity contribution is 0.0698. The molecule has 1 amide bonds. The van der Waals surface area contributed by atoms with E-state index in [2.05, 4.69) is 26.2 Å². The first-order valence-corrected chi connectivity index (χ1v) is 6.33. The third kappa shape index (κ3) is 3.22. The van der Waals surface area contributed by atoms with E-state index < -0.39 is 29.2 Å². The predicted octanol–water partition coefficient (Wildman–Crippen LogP) is 3.07. The number of rotatable bonds is 3. The molecule has 1 aromatic heterocycles. The number of hydrogen-bond donors (Lipinski definition) is 2. The van der Waals surface area contributed by atoms with Crippen LogP contribution in [0.3, 0.4) is 0 Å². The zero-order valence-corrected chi connectivity index (χ0v) is 11.8. The van der Waals surface area contributed by atoms with Crippen LogP contribution >= 0.6 is 15.9 Å². The van der Waals surface area contributed by atoms with Crippen molar-refractivity contribution < 1.29 is 23.5 Å². The normalized spacial score (nSPS) is 10.2. The topological polar surface area (TPSA) is 79.3 Å². The third-order valence-electron chi connectivity index (χ3n) is 2.55. The van der Waals surface area contributed by atoms with Gasteiger partial charge in [0.05, 0.1) is 16.8 Å². The maximum Gasteiger partial charge on any atom is 0.337 e. The van der Waals surface area contributed by atoms with Crippen molar-refractivity contribution in [3.05, 3.63) is 57.8 Å². The molecule has 2 rings (SSSR count). The number of aromatic nitrogens is 1. The summed E-state index contributed by atoms with van der Waals surface area (Å²) < 4.78 is 26.9. The first-order chi connectivity index (χ1) is 9.90. The number of aromatic carboxylic acids is 1. The van der Waals surface area contributed by atoms with E-state index in [9.17, 15) is 18.4 Å². The van der Waals surface area contributed by atoms with Crippen LogP contribution in [0.5, 0.6) is 0 Å². The fraction of sp³-hybridized carbons (Fsp3) is 0. The molecular formula is C13H7BrF2N2O3.